The Labute approximate surface area is 140 Å². The van der Waals surface area contributed by atoms with Gasteiger partial charge in [0.15, 0.2) is 17.2 Å². The van der Waals surface area contributed by atoms with E-state index in [9.17, 15) is 19.2 Å². The van der Waals surface area contributed by atoms with Crippen LogP contribution in [-0.4, -0.2) is 53.5 Å². The average Bonchev–Trinajstić information content (AvgIpc) is 2.36. The predicted octanol–water partition coefficient (Wildman–Crippen LogP) is 0.422. The van der Waals surface area contributed by atoms with E-state index in [1.165, 1.54) is 0 Å². The van der Waals surface area contributed by atoms with Crippen molar-refractivity contribution in [3.8, 4) is 0 Å². The van der Waals surface area contributed by atoms with Crippen molar-refractivity contribution in [3.63, 3.8) is 0 Å². The number of ether oxygens (including phenoxy) is 5. The lowest BCUT2D eigenvalue weighted by molar-refractivity contribution is -0.279. The fourth-order valence-electron chi connectivity index (χ4n) is 1.98. The van der Waals surface area contributed by atoms with Gasteiger partial charge in [-0.05, 0) is 0 Å². The van der Waals surface area contributed by atoms with Gasteiger partial charge in [0.2, 0.25) is 12.4 Å². The molecule has 5 unspecified atom stereocenters. The molecule has 1 fully saturated rings. The quantitative estimate of drug-likeness (QED) is 0.378. The first-order chi connectivity index (χ1) is 10.6. The largest absolute Gasteiger partial charge is 0.455 e. The van der Waals surface area contributed by atoms with Crippen LogP contribution in [0.4, 0.5) is 0 Å². The molecule has 0 amide bonds. The molecule has 0 aromatic carbocycles. The minimum Gasteiger partial charge on any atom is -0.455 e. The highest BCUT2D eigenvalue weighted by molar-refractivity contribution is 9.09. The molecule has 1 aliphatic rings. The zero-order valence-corrected chi connectivity index (χ0v) is 14.5. The van der Waals surface area contributed by atoms with E-state index in [1.54, 1.807) is 0 Å². The van der Waals surface area contributed by atoms with Gasteiger partial charge in [0.25, 0.3) is 0 Å². The third-order valence-corrected chi connectivity index (χ3v) is 3.36. The Morgan fingerprint density at radius 1 is 0.696 bits per heavy atom. The lowest BCUT2D eigenvalue weighted by atomic mass is 10.0. The smallest absolute Gasteiger partial charge is 0.305 e. The van der Waals surface area contributed by atoms with Crippen molar-refractivity contribution in [1.82, 2.24) is 0 Å². The lowest BCUT2D eigenvalue weighted by Crippen LogP contribution is -2.60. The first kappa shape index (κ1) is 19.4. The van der Waals surface area contributed by atoms with Crippen LogP contribution in [-0.2, 0) is 42.9 Å². The summed E-state index contributed by atoms with van der Waals surface area (Å²) in [5.74, 6) is -2.78. The summed E-state index contributed by atoms with van der Waals surface area (Å²) in [6.45, 7) is 4.55. The van der Waals surface area contributed by atoms with Gasteiger partial charge in [0.1, 0.15) is 0 Å². The van der Waals surface area contributed by atoms with Crippen molar-refractivity contribution in [1.29, 1.82) is 0 Å². The van der Waals surface area contributed by atoms with Crippen LogP contribution in [0, 0.1) is 0 Å². The van der Waals surface area contributed by atoms with Gasteiger partial charge in [-0.2, -0.15) is 0 Å². The highest BCUT2D eigenvalue weighted by Crippen LogP contribution is 2.32. The molecule has 130 valence electrons. The van der Waals surface area contributed by atoms with E-state index in [2.05, 4.69) is 15.9 Å². The number of alkyl halides is 1. The monoisotopic (exact) mass is 396 g/mol. The molecule has 0 aromatic rings. The maximum Gasteiger partial charge on any atom is 0.305 e. The Hall–Kier alpha value is -1.68. The number of hydrogen-bond acceptors (Lipinski definition) is 9. The molecule has 0 N–H and O–H groups in total. The number of hydrogen-bond donors (Lipinski definition) is 0. The van der Waals surface area contributed by atoms with Crippen LogP contribution in [0.2, 0.25) is 0 Å². The molecule has 1 saturated heterocycles. The topological polar surface area (TPSA) is 114 Å². The fourth-order valence-corrected chi connectivity index (χ4v) is 2.61. The Morgan fingerprint density at radius 2 is 1.09 bits per heavy atom. The molecule has 9 nitrogen and oxygen atoms in total. The fraction of sp³-hybridized carbons (Fsp3) is 0.692. The molecule has 0 bridgehead atoms. The van der Waals surface area contributed by atoms with E-state index in [4.69, 9.17) is 23.7 Å². The summed E-state index contributed by atoms with van der Waals surface area (Å²) >= 11 is 3.12. The molecule has 5 atom stereocenters. The third-order valence-electron chi connectivity index (χ3n) is 2.63. The first-order valence-electron chi connectivity index (χ1n) is 6.60. The van der Waals surface area contributed by atoms with Crippen LogP contribution in [0.15, 0.2) is 0 Å². The van der Waals surface area contributed by atoms with Gasteiger partial charge in [0.05, 0.1) is 0 Å². The van der Waals surface area contributed by atoms with E-state index in [0.717, 1.165) is 27.7 Å². The molecule has 0 aromatic heterocycles. The Balaban J connectivity index is 3.15. The molecule has 0 radical (unpaired) electrons. The molecule has 10 heteroatoms. The van der Waals surface area contributed by atoms with Crippen molar-refractivity contribution in [2.75, 3.05) is 0 Å². The van der Waals surface area contributed by atoms with Gasteiger partial charge >= 0.3 is 23.9 Å². The highest BCUT2D eigenvalue weighted by atomic mass is 79.9. The van der Waals surface area contributed by atoms with Crippen LogP contribution in [0.3, 0.4) is 0 Å². The van der Waals surface area contributed by atoms with Gasteiger partial charge in [-0.3, -0.25) is 19.2 Å². The van der Waals surface area contributed by atoms with Gasteiger partial charge in [-0.15, -0.1) is 0 Å². The van der Waals surface area contributed by atoms with Crippen LogP contribution in [0.1, 0.15) is 27.7 Å². The summed E-state index contributed by atoms with van der Waals surface area (Å²) < 4.78 is 25.5. The zero-order chi connectivity index (χ0) is 17.7. The van der Waals surface area contributed by atoms with E-state index in [0.29, 0.717) is 0 Å². The van der Waals surface area contributed by atoms with Crippen molar-refractivity contribution in [2.24, 2.45) is 0 Å². The van der Waals surface area contributed by atoms with Crippen LogP contribution >= 0.6 is 15.9 Å². The molecular formula is C13H17BrO9. The highest BCUT2D eigenvalue weighted by Gasteiger charge is 2.52. The van der Waals surface area contributed by atoms with Crippen molar-refractivity contribution < 1.29 is 42.9 Å². The zero-order valence-electron chi connectivity index (χ0n) is 12.9. The Kier molecular flexibility index (Phi) is 6.95. The van der Waals surface area contributed by atoms with Crippen LogP contribution < -0.4 is 0 Å². The van der Waals surface area contributed by atoms with E-state index < -0.39 is 53.5 Å². The minimum atomic E-state index is -1.34. The average molecular weight is 397 g/mol. The molecule has 0 saturated carbocycles. The second-order valence-corrected chi connectivity index (χ2v) is 5.59. The van der Waals surface area contributed by atoms with Crippen molar-refractivity contribution in [2.45, 2.75) is 57.3 Å². The number of carbonyl (C=O) groups excluding carboxylic acids is 4. The van der Waals surface area contributed by atoms with E-state index >= 15 is 0 Å². The molecule has 23 heavy (non-hydrogen) atoms. The summed E-state index contributed by atoms with van der Waals surface area (Å²) in [6, 6.07) is 0. The second kappa shape index (κ2) is 8.25. The summed E-state index contributed by atoms with van der Waals surface area (Å²) in [5, 5.41) is -0.952. The van der Waals surface area contributed by atoms with Gasteiger partial charge < -0.3 is 23.7 Å². The minimum absolute atomic E-state index is 0.660. The summed E-state index contributed by atoms with van der Waals surface area (Å²) in [6.07, 6.45) is -4.95. The molecule has 0 spiro atoms. The molecule has 1 aliphatic heterocycles. The Morgan fingerprint density at radius 3 is 1.52 bits per heavy atom. The van der Waals surface area contributed by atoms with Crippen LogP contribution in [0.5, 0.6) is 0 Å². The van der Waals surface area contributed by atoms with Crippen molar-refractivity contribution >= 4 is 39.8 Å². The number of carbonyl (C=O) groups is 4. The van der Waals surface area contributed by atoms with Gasteiger partial charge in [-0.1, -0.05) is 15.9 Å². The van der Waals surface area contributed by atoms with E-state index in [-0.39, 0.29) is 0 Å². The summed E-state index contributed by atoms with van der Waals surface area (Å²) in [7, 11) is 0. The lowest BCUT2D eigenvalue weighted by Gasteiger charge is -2.42. The second-order valence-electron chi connectivity index (χ2n) is 4.69. The Bertz CT molecular complexity index is 492. The standard InChI is InChI=1S/C13H17BrO9/c1-5(15)19-9-10(20-6(2)16)12(14)23-13(22-8(4)18)11(9)21-7(3)17/h9-13H,1-4H3. The van der Waals surface area contributed by atoms with Crippen molar-refractivity contribution in [3.05, 3.63) is 0 Å². The van der Waals surface area contributed by atoms with Gasteiger partial charge in [-0.25, -0.2) is 0 Å². The molecule has 1 heterocycles. The van der Waals surface area contributed by atoms with Gasteiger partial charge in [0, 0.05) is 27.7 Å². The van der Waals surface area contributed by atoms with Crippen LogP contribution in [0.25, 0.3) is 0 Å². The maximum atomic E-state index is 11.3. The number of halogens is 1. The maximum absolute atomic E-state index is 11.3. The molecule has 1 rings (SSSR count). The normalized spacial score (nSPS) is 30.0. The number of rotatable bonds is 4. The molecule has 0 aliphatic carbocycles. The third kappa shape index (κ3) is 5.79. The summed E-state index contributed by atoms with van der Waals surface area (Å²) in [4.78, 5) is 45.1. The van der Waals surface area contributed by atoms with E-state index in [1.807, 2.05) is 0 Å². The SMILES string of the molecule is CC(=O)OC1OC(Br)C(OC(C)=O)C(OC(C)=O)C1OC(C)=O. The molecular weight excluding hydrogens is 380 g/mol. The summed E-state index contributed by atoms with van der Waals surface area (Å²) in [5.41, 5.74) is 0. The number of esters is 4. The first-order valence-corrected chi connectivity index (χ1v) is 7.51. The predicted molar refractivity (Wildman–Crippen MR) is 76.0 cm³/mol.